The van der Waals surface area contributed by atoms with E-state index in [1.54, 1.807) is 0 Å². The van der Waals surface area contributed by atoms with Crippen molar-refractivity contribution in [3.05, 3.63) is 207 Å². The molecule has 0 spiro atoms. The molecule has 0 fully saturated rings. The van der Waals surface area contributed by atoms with Gasteiger partial charge < -0.3 is 14.5 Å². The lowest BCUT2D eigenvalue weighted by Gasteiger charge is -2.31. The van der Waals surface area contributed by atoms with E-state index in [4.69, 9.17) is 4.74 Å². The zero-order chi connectivity index (χ0) is 43.9. The second-order valence-electron chi connectivity index (χ2n) is 17.2. The summed E-state index contributed by atoms with van der Waals surface area (Å²) in [4.78, 5) is 4.81. The lowest BCUT2D eigenvalue weighted by atomic mass is 9.99. The van der Waals surface area contributed by atoms with E-state index in [2.05, 4.69) is 242 Å². The molecule has 62 heavy (non-hydrogen) atoms. The van der Waals surface area contributed by atoms with Crippen LogP contribution in [0.5, 0.6) is 5.75 Å². The van der Waals surface area contributed by atoms with Gasteiger partial charge in [-0.3, -0.25) is 0 Å². The average molecular weight is 815 g/mol. The van der Waals surface area contributed by atoms with Crippen molar-refractivity contribution in [2.24, 2.45) is 0 Å². The maximum atomic E-state index is 5.87. The number of hydrogen-bond donors (Lipinski definition) is 0. The molecule has 0 radical (unpaired) electrons. The van der Waals surface area contributed by atoms with Crippen LogP contribution in [0.3, 0.4) is 0 Å². The van der Waals surface area contributed by atoms with Crippen LogP contribution in [0.15, 0.2) is 146 Å². The van der Waals surface area contributed by atoms with E-state index in [-0.39, 0.29) is 0 Å². The van der Waals surface area contributed by atoms with E-state index in [1.807, 2.05) is 6.92 Å². The predicted molar refractivity (Wildman–Crippen MR) is 270 cm³/mol. The van der Waals surface area contributed by atoms with Gasteiger partial charge in [-0.1, -0.05) is 137 Å². The molecule has 0 unspecified atom stereocenters. The van der Waals surface area contributed by atoms with Gasteiger partial charge in [0.05, 0.1) is 6.61 Å². The molecule has 0 saturated heterocycles. The van der Waals surface area contributed by atoms with E-state index >= 15 is 0 Å². The average Bonchev–Trinajstić information content (AvgIpc) is 3.26. The third kappa shape index (κ3) is 10.1. The van der Waals surface area contributed by atoms with Gasteiger partial charge in [0.25, 0.3) is 0 Å². The Morgan fingerprint density at radius 1 is 0.403 bits per heavy atom. The Balaban J connectivity index is 1.29. The molecule has 7 aromatic carbocycles. The van der Waals surface area contributed by atoms with Crippen LogP contribution < -0.4 is 14.5 Å². The normalized spacial score (nSPS) is 11.6. The topological polar surface area (TPSA) is 15.7 Å². The molecule has 3 nitrogen and oxygen atoms in total. The fraction of sp³-hybridized carbons (Fsp3) is 0.220. The number of rotatable bonds is 14. The van der Waals surface area contributed by atoms with Gasteiger partial charge in [0, 0.05) is 34.1 Å². The Kier molecular flexibility index (Phi) is 13.6. The Labute approximate surface area is 371 Å². The van der Waals surface area contributed by atoms with Crippen LogP contribution in [-0.2, 0) is 0 Å². The second kappa shape index (κ2) is 19.4. The van der Waals surface area contributed by atoms with Gasteiger partial charge in [0.15, 0.2) is 0 Å². The molecule has 314 valence electrons. The van der Waals surface area contributed by atoms with Gasteiger partial charge in [-0.05, 0) is 175 Å². The van der Waals surface area contributed by atoms with Gasteiger partial charge >= 0.3 is 0 Å². The smallest absolute Gasteiger partial charge is 0.122 e. The van der Waals surface area contributed by atoms with Crippen LogP contribution in [0, 0.1) is 34.6 Å². The maximum Gasteiger partial charge on any atom is 0.122 e. The highest BCUT2D eigenvalue weighted by Crippen LogP contribution is 2.43. The summed E-state index contributed by atoms with van der Waals surface area (Å²) in [6, 6.07) is 53.6. The molecule has 0 aliphatic carbocycles. The molecule has 0 bridgehead atoms. The van der Waals surface area contributed by atoms with Crippen molar-refractivity contribution in [3.63, 3.8) is 0 Å². The summed E-state index contributed by atoms with van der Waals surface area (Å²) in [6.07, 6.45) is 8.74. The molecule has 7 rings (SSSR count). The monoisotopic (exact) mass is 814 g/mol. The number of aryl methyl sites for hydroxylation is 5. The molecule has 3 heteroatoms. The van der Waals surface area contributed by atoms with E-state index in [1.165, 1.54) is 38.9 Å². The molecule has 0 amide bonds. The lowest BCUT2D eigenvalue weighted by molar-refractivity contribution is 0.338. The summed E-state index contributed by atoms with van der Waals surface area (Å²) in [5.74, 6) is 1.82. The minimum absolute atomic E-state index is 0.441. The van der Waals surface area contributed by atoms with Crippen LogP contribution in [0.1, 0.15) is 108 Å². The summed E-state index contributed by atoms with van der Waals surface area (Å²) in [5, 5.41) is 0. The van der Waals surface area contributed by atoms with Crippen molar-refractivity contribution in [2.45, 2.75) is 81.1 Å². The maximum absolute atomic E-state index is 5.87. The first kappa shape index (κ1) is 43.5. The molecule has 0 N–H and O–H groups in total. The number of hydrogen-bond acceptors (Lipinski definition) is 3. The molecule has 0 aromatic heterocycles. The van der Waals surface area contributed by atoms with Crippen LogP contribution >= 0.6 is 0 Å². The van der Waals surface area contributed by atoms with Crippen molar-refractivity contribution in [1.82, 2.24) is 0 Å². The first-order chi connectivity index (χ1) is 29.9. The SMILES string of the molecule is CCOc1cc(/C=C/c2ccc(N(c3cccc(N(c4ccc(/C=C/c5ccc(C)c(C)c5)cc4)c4ccc(C(C)C)cc4C)c3)c3ccc(C(C)C)cc3C)cc2)ccc1C. The van der Waals surface area contributed by atoms with Gasteiger partial charge in [-0.2, -0.15) is 0 Å². The Morgan fingerprint density at radius 2 is 0.839 bits per heavy atom. The number of anilines is 6. The zero-order valence-corrected chi connectivity index (χ0v) is 38.3. The lowest BCUT2D eigenvalue weighted by Crippen LogP contribution is -2.15. The highest BCUT2D eigenvalue weighted by Gasteiger charge is 2.20. The first-order valence-electron chi connectivity index (χ1n) is 22.2. The summed E-state index contributed by atoms with van der Waals surface area (Å²) in [5.41, 5.74) is 20.2. The van der Waals surface area contributed by atoms with Crippen LogP contribution in [0.2, 0.25) is 0 Å². The van der Waals surface area contributed by atoms with Crippen LogP contribution in [-0.4, -0.2) is 6.61 Å². The minimum atomic E-state index is 0.441. The fourth-order valence-corrected chi connectivity index (χ4v) is 7.96. The largest absolute Gasteiger partial charge is 0.494 e. The number of benzene rings is 7. The first-order valence-corrected chi connectivity index (χ1v) is 22.2. The Morgan fingerprint density at radius 3 is 1.27 bits per heavy atom. The number of nitrogens with zero attached hydrogens (tertiary/aromatic N) is 2. The summed E-state index contributed by atoms with van der Waals surface area (Å²) in [7, 11) is 0. The minimum Gasteiger partial charge on any atom is -0.494 e. The van der Waals surface area contributed by atoms with Crippen molar-refractivity contribution >= 4 is 58.4 Å². The van der Waals surface area contributed by atoms with E-state index in [0.29, 0.717) is 18.4 Å². The molecular formula is C59H62N2O. The van der Waals surface area contributed by atoms with Crippen molar-refractivity contribution in [2.75, 3.05) is 16.4 Å². The molecule has 0 saturated carbocycles. The van der Waals surface area contributed by atoms with E-state index in [0.717, 1.165) is 62.1 Å². The van der Waals surface area contributed by atoms with Crippen molar-refractivity contribution < 1.29 is 4.74 Å². The zero-order valence-electron chi connectivity index (χ0n) is 38.3. The second-order valence-corrected chi connectivity index (χ2v) is 17.2. The van der Waals surface area contributed by atoms with Crippen molar-refractivity contribution in [1.29, 1.82) is 0 Å². The van der Waals surface area contributed by atoms with Gasteiger partial charge in [-0.25, -0.2) is 0 Å². The molecule has 0 atom stereocenters. The molecule has 0 aliphatic rings. The predicted octanol–water partition coefficient (Wildman–Crippen LogP) is 17.2. The third-order valence-corrected chi connectivity index (χ3v) is 11.9. The Hall–Kier alpha value is -6.58. The summed E-state index contributed by atoms with van der Waals surface area (Å²) in [6.45, 7) is 22.6. The fourth-order valence-electron chi connectivity index (χ4n) is 7.96. The van der Waals surface area contributed by atoms with Gasteiger partial charge in [0.1, 0.15) is 5.75 Å². The molecule has 7 aromatic rings. The quantitative estimate of drug-likeness (QED) is 0.102. The van der Waals surface area contributed by atoms with Crippen LogP contribution in [0.25, 0.3) is 24.3 Å². The Bertz CT molecular complexity index is 2700. The standard InChI is InChI=1S/C59H62N2O/c1-11-62-59-38-50(18-16-43(59)7)22-20-48-25-31-54(32-26-48)61(58-34-28-52(41(4)5)37-46(58)10)56-14-12-13-55(39-56)60(57-33-27-51(40(2)3)36-45(57)9)53-29-23-47(24-30-53)19-21-49-17-15-42(6)44(8)35-49/h12-41H,11H2,1-10H3/b21-19+,22-20+. The molecular weight excluding hydrogens is 753 g/mol. The van der Waals surface area contributed by atoms with E-state index < -0.39 is 0 Å². The molecule has 0 aliphatic heterocycles. The third-order valence-electron chi connectivity index (χ3n) is 11.9. The van der Waals surface area contributed by atoms with E-state index in [9.17, 15) is 0 Å². The summed E-state index contributed by atoms with van der Waals surface area (Å²) >= 11 is 0. The van der Waals surface area contributed by atoms with Crippen LogP contribution in [0.4, 0.5) is 34.1 Å². The van der Waals surface area contributed by atoms with Crippen molar-refractivity contribution in [3.8, 4) is 5.75 Å². The van der Waals surface area contributed by atoms with Gasteiger partial charge in [0.2, 0.25) is 0 Å². The van der Waals surface area contributed by atoms with Gasteiger partial charge in [-0.15, -0.1) is 0 Å². The summed E-state index contributed by atoms with van der Waals surface area (Å²) < 4.78 is 5.87. The highest BCUT2D eigenvalue weighted by atomic mass is 16.5. The molecule has 0 heterocycles. The highest BCUT2D eigenvalue weighted by molar-refractivity contribution is 5.85. The number of ether oxygens (including phenoxy) is 1.